The third-order valence-corrected chi connectivity index (χ3v) is 6.31. The lowest BCUT2D eigenvalue weighted by atomic mass is 9.95. The van der Waals surface area contributed by atoms with Gasteiger partial charge in [0.15, 0.2) is 0 Å². The number of benzene rings is 1. The van der Waals surface area contributed by atoms with Gasteiger partial charge in [0.1, 0.15) is 0 Å². The van der Waals surface area contributed by atoms with Crippen LogP contribution in [0.15, 0.2) is 53.2 Å². The van der Waals surface area contributed by atoms with Crippen LogP contribution in [0.3, 0.4) is 0 Å². The number of carbonyl (C=O) groups is 2. The summed E-state index contributed by atoms with van der Waals surface area (Å²) in [5.74, 6) is -0.409. The van der Waals surface area contributed by atoms with Crippen LogP contribution >= 0.6 is 0 Å². The van der Waals surface area contributed by atoms with Crippen molar-refractivity contribution in [1.29, 1.82) is 0 Å². The molecule has 1 atom stereocenters. The number of nitrogens with two attached hydrogens (primary N) is 1. The summed E-state index contributed by atoms with van der Waals surface area (Å²) in [7, 11) is 0. The summed E-state index contributed by atoms with van der Waals surface area (Å²) in [5, 5.41) is 5.80. The van der Waals surface area contributed by atoms with Gasteiger partial charge in [0, 0.05) is 37.8 Å². The van der Waals surface area contributed by atoms with Crippen LogP contribution in [0.4, 0.5) is 11.4 Å². The fourth-order valence-electron chi connectivity index (χ4n) is 4.44. The van der Waals surface area contributed by atoms with E-state index >= 15 is 0 Å². The maximum absolute atomic E-state index is 12.7. The van der Waals surface area contributed by atoms with Crippen molar-refractivity contribution in [3.63, 3.8) is 0 Å². The summed E-state index contributed by atoms with van der Waals surface area (Å²) in [6.45, 7) is 5.21. The van der Waals surface area contributed by atoms with Crippen LogP contribution in [0.25, 0.3) is 0 Å². The molecule has 1 saturated heterocycles. The minimum atomic E-state index is -0.209. The minimum absolute atomic E-state index is 0.119. The van der Waals surface area contributed by atoms with Crippen molar-refractivity contribution in [2.45, 2.75) is 63.5 Å². The zero-order valence-electron chi connectivity index (χ0n) is 18.8. The number of anilines is 2. The first-order valence-corrected chi connectivity index (χ1v) is 11.6. The molecule has 7 nitrogen and oxygen atoms in total. The molecule has 2 fully saturated rings. The summed E-state index contributed by atoms with van der Waals surface area (Å²) in [6, 6.07) is 8.16. The Hall–Kier alpha value is -2.93. The molecule has 1 saturated carbocycles. The Balaban J connectivity index is 1.46. The number of likely N-dealkylation sites (tertiary alicyclic amines) is 1. The molecular formula is C25H35N5O2. The van der Waals surface area contributed by atoms with Gasteiger partial charge in [-0.25, -0.2) is 0 Å². The molecule has 0 radical (unpaired) electrons. The van der Waals surface area contributed by atoms with E-state index in [-0.39, 0.29) is 18.2 Å². The van der Waals surface area contributed by atoms with E-state index in [9.17, 15) is 9.59 Å². The topological polar surface area (TPSA) is 99.8 Å². The standard InChI is InChI=1S/C25H35N5O2/c1-27-17-19(9-8-14-24(31)29-23-13-7-6-12-22(23)26)25(32)28-18-21-15-16-30(21)20-10-4-2-3-5-11-20/h6-9,12-13,17,20-21H,1-5,10-11,14-16,18,26H2,(H,28,32)(H,29,31)/b9-8-,19-17+. The minimum Gasteiger partial charge on any atom is -0.397 e. The van der Waals surface area contributed by atoms with E-state index in [1.807, 2.05) is 12.1 Å². The molecule has 4 N–H and O–H groups in total. The molecule has 0 aromatic heterocycles. The van der Waals surface area contributed by atoms with Gasteiger partial charge >= 0.3 is 0 Å². The number of hydrogen-bond acceptors (Lipinski definition) is 5. The average molecular weight is 438 g/mol. The predicted octanol–water partition coefficient (Wildman–Crippen LogP) is 3.65. The van der Waals surface area contributed by atoms with E-state index in [2.05, 4.69) is 27.2 Å². The maximum Gasteiger partial charge on any atom is 0.252 e. The van der Waals surface area contributed by atoms with E-state index < -0.39 is 0 Å². The summed E-state index contributed by atoms with van der Waals surface area (Å²) in [5.41, 5.74) is 7.31. The normalized spacial score (nSPS) is 20.4. The molecule has 172 valence electrons. The van der Waals surface area contributed by atoms with E-state index in [4.69, 9.17) is 5.73 Å². The van der Waals surface area contributed by atoms with Crippen molar-refractivity contribution in [1.82, 2.24) is 10.2 Å². The highest BCUT2D eigenvalue weighted by Crippen LogP contribution is 2.29. The maximum atomic E-state index is 12.7. The van der Waals surface area contributed by atoms with Crippen LogP contribution in [0.2, 0.25) is 0 Å². The van der Waals surface area contributed by atoms with Crippen LogP contribution in [0.5, 0.6) is 0 Å². The predicted molar refractivity (Wildman–Crippen MR) is 130 cm³/mol. The van der Waals surface area contributed by atoms with Gasteiger partial charge in [-0.05, 0) is 38.1 Å². The number of nitrogens with zero attached hydrogens (tertiary/aromatic N) is 2. The molecule has 1 aromatic carbocycles. The summed E-state index contributed by atoms with van der Waals surface area (Å²) >= 11 is 0. The Morgan fingerprint density at radius 1 is 1.16 bits per heavy atom. The summed E-state index contributed by atoms with van der Waals surface area (Å²) in [6.07, 6.45) is 13.8. The van der Waals surface area contributed by atoms with Crippen molar-refractivity contribution in [2.24, 2.45) is 4.99 Å². The second kappa shape index (κ2) is 12.2. The Morgan fingerprint density at radius 2 is 1.91 bits per heavy atom. The number of carbonyl (C=O) groups excluding carboxylic acids is 2. The van der Waals surface area contributed by atoms with Gasteiger partial charge in [0.05, 0.1) is 16.9 Å². The molecule has 32 heavy (non-hydrogen) atoms. The fourth-order valence-corrected chi connectivity index (χ4v) is 4.44. The van der Waals surface area contributed by atoms with Gasteiger partial charge < -0.3 is 16.4 Å². The number of rotatable bonds is 9. The quantitative estimate of drug-likeness (QED) is 0.180. The molecule has 0 spiro atoms. The summed E-state index contributed by atoms with van der Waals surface area (Å²) < 4.78 is 0. The van der Waals surface area contributed by atoms with Crippen molar-refractivity contribution >= 4 is 29.9 Å². The zero-order valence-corrected chi connectivity index (χ0v) is 18.8. The smallest absolute Gasteiger partial charge is 0.252 e. The lowest BCUT2D eigenvalue weighted by Gasteiger charge is -2.46. The number of nitrogens with one attached hydrogen (secondary N) is 2. The second-order valence-electron chi connectivity index (χ2n) is 8.54. The van der Waals surface area contributed by atoms with E-state index in [1.165, 1.54) is 44.7 Å². The SMILES string of the molecule is C=N/C=C(\C=C/CC(=O)Nc1ccccc1N)C(=O)NCC1CCN1C1CCCCCC1. The monoisotopic (exact) mass is 437 g/mol. The van der Waals surface area contributed by atoms with E-state index in [1.54, 1.807) is 24.3 Å². The number of amides is 2. The van der Waals surface area contributed by atoms with Crippen molar-refractivity contribution < 1.29 is 9.59 Å². The first-order chi connectivity index (χ1) is 15.6. The highest BCUT2D eigenvalue weighted by atomic mass is 16.2. The molecule has 2 amide bonds. The third kappa shape index (κ3) is 6.79. The lowest BCUT2D eigenvalue weighted by molar-refractivity contribution is -0.118. The number of nitrogen functional groups attached to an aromatic ring is 1. The second-order valence-corrected chi connectivity index (χ2v) is 8.54. The highest BCUT2D eigenvalue weighted by molar-refractivity contribution is 5.97. The number of para-hydroxylation sites is 2. The van der Waals surface area contributed by atoms with E-state index in [0.717, 1.165) is 13.0 Å². The zero-order chi connectivity index (χ0) is 22.8. The average Bonchev–Trinajstić information content (AvgIpc) is 3.03. The number of aliphatic imine (C=N–C) groups is 1. The molecule has 1 unspecified atom stereocenters. The van der Waals surface area contributed by atoms with Gasteiger partial charge in [0.25, 0.3) is 5.91 Å². The fraction of sp³-hybridized carbons (Fsp3) is 0.480. The van der Waals surface area contributed by atoms with Crippen LogP contribution in [-0.4, -0.2) is 48.6 Å². The van der Waals surface area contributed by atoms with Gasteiger partial charge in [-0.1, -0.05) is 50.0 Å². The molecule has 0 bridgehead atoms. The molecule has 1 aromatic rings. The van der Waals surface area contributed by atoms with Crippen molar-refractivity contribution in [3.8, 4) is 0 Å². The number of hydrogen-bond donors (Lipinski definition) is 3. The Morgan fingerprint density at radius 3 is 2.56 bits per heavy atom. The first kappa shape index (κ1) is 23.7. The molecule has 3 rings (SSSR count). The van der Waals surface area contributed by atoms with Crippen LogP contribution in [0.1, 0.15) is 51.4 Å². The van der Waals surface area contributed by atoms with Crippen LogP contribution in [0, 0.1) is 0 Å². The molecule has 1 heterocycles. The van der Waals surface area contributed by atoms with Crippen LogP contribution < -0.4 is 16.4 Å². The molecule has 7 heteroatoms. The lowest BCUT2D eigenvalue weighted by Crippen LogP contribution is -2.57. The summed E-state index contributed by atoms with van der Waals surface area (Å²) in [4.78, 5) is 31.1. The molecule has 1 aliphatic heterocycles. The van der Waals surface area contributed by atoms with E-state index in [0.29, 0.717) is 35.6 Å². The third-order valence-electron chi connectivity index (χ3n) is 6.31. The first-order valence-electron chi connectivity index (χ1n) is 11.6. The van der Waals surface area contributed by atoms with Gasteiger partial charge in [-0.2, -0.15) is 0 Å². The molecule has 1 aliphatic carbocycles. The van der Waals surface area contributed by atoms with Crippen molar-refractivity contribution in [3.05, 3.63) is 48.2 Å². The Bertz CT molecular complexity index is 856. The largest absolute Gasteiger partial charge is 0.397 e. The Kier molecular flexibility index (Phi) is 9.04. The van der Waals surface area contributed by atoms with Crippen LogP contribution in [-0.2, 0) is 9.59 Å². The van der Waals surface area contributed by atoms with Crippen molar-refractivity contribution in [2.75, 3.05) is 24.1 Å². The Labute approximate surface area is 190 Å². The van der Waals surface area contributed by atoms with Gasteiger partial charge in [-0.15, -0.1) is 0 Å². The highest BCUT2D eigenvalue weighted by Gasteiger charge is 2.33. The van der Waals surface area contributed by atoms with Gasteiger partial charge in [-0.3, -0.25) is 19.5 Å². The van der Waals surface area contributed by atoms with Gasteiger partial charge in [0.2, 0.25) is 5.91 Å². The molecule has 2 aliphatic rings. The molecular weight excluding hydrogens is 402 g/mol.